The fourth-order valence-electron chi connectivity index (χ4n) is 2.83. The van der Waals surface area contributed by atoms with Crippen LogP contribution in [-0.4, -0.2) is 30.0 Å². The average Bonchev–Trinajstić information content (AvgIpc) is 2.45. The third kappa shape index (κ3) is 3.83. The standard InChI is InChI=1S/C17H25NO2/c1-4-17(18-11-5-6-13(2)12-18)20-16-9-7-15(8-10-16)14(3)19/h7-10,13,17H,4-6,11-12H2,1-3H3. The van der Waals surface area contributed by atoms with Gasteiger partial charge in [0.1, 0.15) is 5.75 Å². The molecule has 3 heteroatoms. The number of carbonyl (C=O) groups excluding carboxylic acids is 1. The summed E-state index contributed by atoms with van der Waals surface area (Å²) in [5.41, 5.74) is 0.733. The van der Waals surface area contributed by atoms with Crippen LogP contribution in [0.5, 0.6) is 5.75 Å². The molecular formula is C17H25NO2. The molecule has 0 N–H and O–H groups in total. The van der Waals surface area contributed by atoms with Gasteiger partial charge in [-0.2, -0.15) is 0 Å². The molecule has 3 nitrogen and oxygen atoms in total. The highest BCUT2D eigenvalue weighted by molar-refractivity contribution is 5.94. The van der Waals surface area contributed by atoms with Gasteiger partial charge >= 0.3 is 0 Å². The van der Waals surface area contributed by atoms with Crippen LogP contribution in [0.3, 0.4) is 0 Å². The lowest BCUT2D eigenvalue weighted by Gasteiger charge is -2.36. The number of Topliss-reactive ketones (excluding diaryl/α,β-unsaturated/α-hetero) is 1. The van der Waals surface area contributed by atoms with Crippen LogP contribution >= 0.6 is 0 Å². The Bertz CT molecular complexity index is 441. The maximum atomic E-state index is 11.3. The monoisotopic (exact) mass is 275 g/mol. The molecule has 2 atom stereocenters. The summed E-state index contributed by atoms with van der Waals surface area (Å²) < 4.78 is 6.10. The molecule has 0 spiro atoms. The van der Waals surface area contributed by atoms with Crippen LogP contribution < -0.4 is 4.74 Å². The Morgan fingerprint density at radius 1 is 1.40 bits per heavy atom. The van der Waals surface area contributed by atoms with E-state index in [0.29, 0.717) is 0 Å². The van der Waals surface area contributed by atoms with Crippen molar-refractivity contribution in [2.24, 2.45) is 5.92 Å². The van der Waals surface area contributed by atoms with Gasteiger partial charge in [-0.25, -0.2) is 0 Å². The number of likely N-dealkylation sites (tertiary alicyclic amines) is 1. The Balaban J connectivity index is 2.00. The first-order valence-electron chi connectivity index (χ1n) is 7.62. The van der Waals surface area contributed by atoms with Crippen LogP contribution in [0, 0.1) is 5.92 Å². The smallest absolute Gasteiger partial charge is 0.159 e. The number of rotatable bonds is 5. The summed E-state index contributed by atoms with van der Waals surface area (Å²) in [6, 6.07) is 7.46. The van der Waals surface area contributed by atoms with E-state index >= 15 is 0 Å². The van der Waals surface area contributed by atoms with Crippen molar-refractivity contribution < 1.29 is 9.53 Å². The van der Waals surface area contributed by atoms with Gasteiger partial charge in [-0.15, -0.1) is 0 Å². The van der Waals surface area contributed by atoms with Crippen LogP contribution in [0.4, 0.5) is 0 Å². The largest absolute Gasteiger partial charge is 0.475 e. The zero-order valence-electron chi connectivity index (χ0n) is 12.8. The predicted octanol–water partition coefficient (Wildman–Crippen LogP) is 3.74. The minimum absolute atomic E-state index is 0.0912. The molecule has 1 heterocycles. The Morgan fingerprint density at radius 3 is 2.65 bits per heavy atom. The van der Waals surface area contributed by atoms with Gasteiger partial charge in [-0.3, -0.25) is 9.69 Å². The second-order valence-electron chi connectivity index (χ2n) is 5.80. The van der Waals surface area contributed by atoms with Gasteiger partial charge in [-0.05, 0) is 56.4 Å². The minimum Gasteiger partial charge on any atom is -0.475 e. The van der Waals surface area contributed by atoms with Crippen molar-refractivity contribution in [1.29, 1.82) is 0 Å². The van der Waals surface area contributed by atoms with Crippen molar-refractivity contribution in [3.8, 4) is 5.75 Å². The quantitative estimate of drug-likeness (QED) is 0.767. The van der Waals surface area contributed by atoms with E-state index < -0.39 is 0 Å². The van der Waals surface area contributed by atoms with Crippen LogP contribution in [0.15, 0.2) is 24.3 Å². The van der Waals surface area contributed by atoms with Gasteiger partial charge in [0.25, 0.3) is 0 Å². The molecule has 0 saturated carbocycles. The van der Waals surface area contributed by atoms with Crippen LogP contribution in [0.2, 0.25) is 0 Å². The highest BCUT2D eigenvalue weighted by Crippen LogP contribution is 2.22. The van der Waals surface area contributed by atoms with E-state index in [4.69, 9.17) is 4.74 Å². The van der Waals surface area contributed by atoms with E-state index in [1.807, 2.05) is 24.3 Å². The first kappa shape index (κ1) is 15.0. The molecular weight excluding hydrogens is 250 g/mol. The normalized spacial score (nSPS) is 21.4. The van der Waals surface area contributed by atoms with Crippen molar-refractivity contribution in [3.63, 3.8) is 0 Å². The predicted molar refractivity (Wildman–Crippen MR) is 81.1 cm³/mol. The summed E-state index contributed by atoms with van der Waals surface area (Å²) in [6.45, 7) is 8.28. The summed E-state index contributed by atoms with van der Waals surface area (Å²) in [5, 5.41) is 0. The van der Waals surface area contributed by atoms with Gasteiger partial charge in [-0.1, -0.05) is 13.8 Å². The van der Waals surface area contributed by atoms with Gasteiger partial charge in [0, 0.05) is 18.7 Å². The molecule has 0 aliphatic carbocycles. The lowest BCUT2D eigenvalue weighted by molar-refractivity contribution is -0.00295. The van der Waals surface area contributed by atoms with Crippen molar-refractivity contribution in [1.82, 2.24) is 4.90 Å². The average molecular weight is 275 g/mol. The second-order valence-corrected chi connectivity index (χ2v) is 5.80. The molecule has 0 radical (unpaired) electrons. The molecule has 20 heavy (non-hydrogen) atoms. The number of hydrogen-bond donors (Lipinski definition) is 0. The Hall–Kier alpha value is -1.35. The second kappa shape index (κ2) is 6.89. The maximum absolute atomic E-state index is 11.3. The van der Waals surface area contributed by atoms with E-state index in [1.54, 1.807) is 6.92 Å². The molecule has 1 aromatic rings. The molecule has 2 unspecified atom stereocenters. The molecule has 1 aromatic carbocycles. The number of carbonyl (C=O) groups is 1. The summed E-state index contributed by atoms with van der Waals surface area (Å²) in [5.74, 6) is 1.69. The van der Waals surface area contributed by atoms with Crippen molar-refractivity contribution in [3.05, 3.63) is 29.8 Å². The van der Waals surface area contributed by atoms with E-state index in [0.717, 1.165) is 36.7 Å². The van der Waals surface area contributed by atoms with E-state index in [2.05, 4.69) is 18.7 Å². The van der Waals surface area contributed by atoms with Gasteiger partial charge in [0.2, 0.25) is 0 Å². The van der Waals surface area contributed by atoms with Crippen LogP contribution in [0.25, 0.3) is 0 Å². The number of ether oxygens (including phenoxy) is 1. The highest BCUT2D eigenvalue weighted by atomic mass is 16.5. The molecule has 0 amide bonds. The molecule has 110 valence electrons. The summed E-state index contributed by atoms with van der Waals surface area (Å²) in [6.07, 6.45) is 3.69. The molecule has 0 bridgehead atoms. The summed E-state index contributed by atoms with van der Waals surface area (Å²) >= 11 is 0. The Labute approximate surface area is 121 Å². The number of hydrogen-bond acceptors (Lipinski definition) is 3. The maximum Gasteiger partial charge on any atom is 0.159 e. The summed E-state index contributed by atoms with van der Waals surface area (Å²) in [7, 11) is 0. The first-order chi connectivity index (χ1) is 9.60. The number of ketones is 1. The highest BCUT2D eigenvalue weighted by Gasteiger charge is 2.23. The lowest BCUT2D eigenvalue weighted by Crippen LogP contribution is -2.44. The summed E-state index contributed by atoms with van der Waals surface area (Å²) in [4.78, 5) is 13.7. The third-order valence-electron chi connectivity index (χ3n) is 3.98. The zero-order valence-corrected chi connectivity index (χ0v) is 12.8. The third-order valence-corrected chi connectivity index (χ3v) is 3.98. The topological polar surface area (TPSA) is 29.5 Å². The van der Waals surface area contributed by atoms with Crippen LogP contribution in [-0.2, 0) is 0 Å². The Kier molecular flexibility index (Phi) is 5.18. The first-order valence-corrected chi connectivity index (χ1v) is 7.62. The number of benzene rings is 1. The van der Waals surface area contributed by atoms with E-state index in [1.165, 1.54) is 12.8 Å². The van der Waals surface area contributed by atoms with Gasteiger partial charge in [0.15, 0.2) is 12.0 Å². The Morgan fingerprint density at radius 2 is 2.10 bits per heavy atom. The number of nitrogens with zero attached hydrogens (tertiary/aromatic N) is 1. The van der Waals surface area contributed by atoms with E-state index in [-0.39, 0.29) is 12.0 Å². The zero-order chi connectivity index (χ0) is 14.5. The van der Waals surface area contributed by atoms with Crippen molar-refractivity contribution >= 4 is 5.78 Å². The fourth-order valence-corrected chi connectivity index (χ4v) is 2.83. The molecule has 1 aliphatic heterocycles. The molecule has 1 saturated heterocycles. The van der Waals surface area contributed by atoms with Crippen molar-refractivity contribution in [2.75, 3.05) is 13.1 Å². The number of piperidine rings is 1. The van der Waals surface area contributed by atoms with Crippen molar-refractivity contribution in [2.45, 2.75) is 46.3 Å². The molecule has 1 fully saturated rings. The van der Waals surface area contributed by atoms with Gasteiger partial charge < -0.3 is 4.74 Å². The van der Waals surface area contributed by atoms with Gasteiger partial charge in [0.05, 0.1) is 0 Å². The SMILES string of the molecule is CCC(Oc1ccc(C(C)=O)cc1)N1CCCC(C)C1. The lowest BCUT2D eigenvalue weighted by atomic mass is 10.00. The molecule has 2 rings (SSSR count). The van der Waals surface area contributed by atoms with E-state index in [9.17, 15) is 4.79 Å². The minimum atomic E-state index is 0.0912. The van der Waals surface area contributed by atoms with Crippen LogP contribution in [0.1, 0.15) is 50.4 Å². The molecule has 1 aliphatic rings. The fraction of sp³-hybridized carbons (Fsp3) is 0.588. The molecule has 0 aromatic heterocycles.